The Morgan fingerprint density at radius 1 is 1.13 bits per heavy atom. The van der Waals surface area contributed by atoms with Crippen LogP contribution in [0.3, 0.4) is 0 Å². The van der Waals surface area contributed by atoms with E-state index >= 15 is 0 Å². The molecule has 0 atom stereocenters. The van der Waals surface area contributed by atoms with Crippen LogP contribution in [-0.2, 0) is 0 Å². The molecule has 1 aromatic heterocycles. The van der Waals surface area contributed by atoms with Crippen LogP contribution in [0.1, 0.15) is 5.56 Å². The summed E-state index contributed by atoms with van der Waals surface area (Å²) in [6.07, 6.45) is 0. The number of nitrogens with zero attached hydrogens (tertiary/aromatic N) is 2. The molecular formula is C12H9N3. The molecule has 1 heterocycles. The largest absolute Gasteiger partial charge is 0.384 e. The van der Waals surface area contributed by atoms with Crippen molar-refractivity contribution in [2.45, 2.75) is 0 Å². The van der Waals surface area contributed by atoms with Crippen molar-refractivity contribution >= 4 is 5.82 Å². The maximum Gasteiger partial charge on any atom is 0.124 e. The predicted octanol–water partition coefficient (Wildman–Crippen LogP) is 2.20. The van der Waals surface area contributed by atoms with Crippen molar-refractivity contribution in [2.75, 3.05) is 5.73 Å². The van der Waals surface area contributed by atoms with Gasteiger partial charge in [-0.25, -0.2) is 4.98 Å². The lowest BCUT2D eigenvalue weighted by molar-refractivity contribution is 1.33. The summed E-state index contributed by atoms with van der Waals surface area (Å²) in [5.41, 5.74) is 7.90. The van der Waals surface area contributed by atoms with Crippen LogP contribution in [-0.4, -0.2) is 4.98 Å². The summed E-state index contributed by atoms with van der Waals surface area (Å²) in [6, 6.07) is 14.8. The number of rotatable bonds is 1. The van der Waals surface area contributed by atoms with Gasteiger partial charge < -0.3 is 5.73 Å². The van der Waals surface area contributed by atoms with Crippen LogP contribution in [0.15, 0.2) is 42.5 Å². The first-order valence-corrected chi connectivity index (χ1v) is 4.52. The molecule has 0 spiro atoms. The van der Waals surface area contributed by atoms with E-state index in [-0.39, 0.29) is 0 Å². The summed E-state index contributed by atoms with van der Waals surface area (Å²) in [5, 5.41) is 8.77. The summed E-state index contributed by atoms with van der Waals surface area (Å²) in [5.74, 6) is 0.481. The minimum atomic E-state index is 0.481. The average Bonchev–Trinajstić information content (AvgIpc) is 2.29. The molecular weight excluding hydrogens is 186 g/mol. The maximum absolute atomic E-state index is 8.77. The van der Waals surface area contributed by atoms with E-state index in [4.69, 9.17) is 11.0 Å². The molecule has 0 aliphatic carbocycles. The number of nitrogen functional groups attached to an aromatic ring is 1. The number of pyridine rings is 1. The van der Waals surface area contributed by atoms with Gasteiger partial charge in [0, 0.05) is 5.56 Å². The molecule has 0 saturated carbocycles. The van der Waals surface area contributed by atoms with Gasteiger partial charge in [0.2, 0.25) is 0 Å². The molecule has 0 bridgehead atoms. The van der Waals surface area contributed by atoms with E-state index in [1.165, 1.54) is 0 Å². The first-order chi connectivity index (χ1) is 7.29. The van der Waals surface area contributed by atoms with Crippen molar-refractivity contribution in [2.24, 2.45) is 0 Å². The fourth-order valence-electron chi connectivity index (χ4n) is 1.36. The van der Waals surface area contributed by atoms with Gasteiger partial charge in [-0.15, -0.1) is 0 Å². The number of nitrogens with two attached hydrogens (primary N) is 1. The van der Waals surface area contributed by atoms with Crippen LogP contribution in [0.25, 0.3) is 11.3 Å². The lowest BCUT2D eigenvalue weighted by Crippen LogP contribution is -1.91. The Balaban J connectivity index is 2.50. The molecule has 0 saturated heterocycles. The Hall–Kier alpha value is -2.34. The molecule has 0 fully saturated rings. The predicted molar refractivity (Wildman–Crippen MR) is 58.8 cm³/mol. The zero-order chi connectivity index (χ0) is 10.7. The van der Waals surface area contributed by atoms with E-state index in [0.29, 0.717) is 11.4 Å². The standard InChI is InChI=1S/C12H9N3/c13-8-9-3-1-4-10(7-9)11-5-2-6-12(14)15-11/h1-7H,(H2,14,15). The van der Waals surface area contributed by atoms with Crippen molar-refractivity contribution in [1.82, 2.24) is 4.98 Å². The molecule has 1 aromatic carbocycles. The molecule has 2 aromatic rings. The number of nitriles is 1. The Morgan fingerprint density at radius 2 is 1.93 bits per heavy atom. The number of hydrogen-bond donors (Lipinski definition) is 1. The van der Waals surface area contributed by atoms with Gasteiger partial charge in [-0.05, 0) is 24.3 Å². The summed E-state index contributed by atoms with van der Waals surface area (Å²) in [4.78, 5) is 4.19. The van der Waals surface area contributed by atoms with Gasteiger partial charge in [0.05, 0.1) is 17.3 Å². The number of hydrogen-bond acceptors (Lipinski definition) is 3. The Bertz CT molecular complexity index is 526. The monoisotopic (exact) mass is 195 g/mol. The molecule has 0 aliphatic rings. The highest BCUT2D eigenvalue weighted by atomic mass is 14.8. The number of benzene rings is 1. The molecule has 15 heavy (non-hydrogen) atoms. The molecule has 3 heteroatoms. The molecule has 2 N–H and O–H groups in total. The lowest BCUT2D eigenvalue weighted by Gasteiger charge is -2.01. The van der Waals surface area contributed by atoms with E-state index in [2.05, 4.69) is 11.1 Å². The van der Waals surface area contributed by atoms with Gasteiger partial charge in [-0.2, -0.15) is 5.26 Å². The van der Waals surface area contributed by atoms with Crippen LogP contribution < -0.4 is 5.73 Å². The van der Waals surface area contributed by atoms with E-state index in [0.717, 1.165) is 11.3 Å². The number of aromatic nitrogens is 1. The second-order valence-electron chi connectivity index (χ2n) is 3.14. The topological polar surface area (TPSA) is 62.7 Å². The van der Waals surface area contributed by atoms with E-state index in [1.54, 1.807) is 18.2 Å². The Labute approximate surface area is 87.8 Å². The number of anilines is 1. The fourth-order valence-corrected chi connectivity index (χ4v) is 1.36. The third-order valence-electron chi connectivity index (χ3n) is 2.06. The summed E-state index contributed by atoms with van der Waals surface area (Å²) in [7, 11) is 0. The van der Waals surface area contributed by atoms with Gasteiger partial charge in [-0.1, -0.05) is 18.2 Å². The molecule has 0 aliphatic heterocycles. The van der Waals surface area contributed by atoms with Crippen LogP contribution in [0.2, 0.25) is 0 Å². The SMILES string of the molecule is N#Cc1cccc(-c2cccc(N)n2)c1. The van der Waals surface area contributed by atoms with Crippen molar-refractivity contribution in [3.63, 3.8) is 0 Å². The van der Waals surface area contributed by atoms with Gasteiger partial charge in [0.1, 0.15) is 5.82 Å². The summed E-state index contributed by atoms with van der Waals surface area (Å²) in [6.45, 7) is 0. The average molecular weight is 195 g/mol. The minimum Gasteiger partial charge on any atom is -0.384 e. The Morgan fingerprint density at radius 3 is 2.67 bits per heavy atom. The van der Waals surface area contributed by atoms with Crippen LogP contribution in [0, 0.1) is 11.3 Å². The highest BCUT2D eigenvalue weighted by Crippen LogP contribution is 2.18. The van der Waals surface area contributed by atoms with E-state index in [9.17, 15) is 0 Å². The van der Waals surface area contributed by atoms with Gasteiger partial charge in [0.25, 0.3) is 0 Å². The molecule has 3 nitrogen and oxygen atoms in total. The summed E-state index contributed by atoms with van der Waals surface area (Å²) < 4.78 is 0. The van der Waals surface area contributed by atoms with Gasteiger partial charge in [-0.3, -0.25) is 0 Å². The normalized spacial score (nSPS) is 9.53. The van der Waals surface area contributed by atoms with Gasteiger partial charge in [0.15, 0.2) is 0 Å². The van der Waals surface area contributed by atoms with Crippen molar-refractivity contribution in [3.05, 3.63) is 48.0 Å². The quantitative estimate of drug-likeness (QED) is 0.758. The third-order valence-corrected chi connectivity index (χ3v) is 2.06. The first kappa shape index (κ1) is 9.22. The Kier molecular flexibility index (Phi) is 2.34. The second kappa shape index (κ2) is 3.81. The summed E-state index contributed by atoms with van der Waals surface area (Å²) >= 11 is 0. The van der Waals surface area contributed by atoms with E-state index in [1.807, 2.05) is 24.3 Å². The molecule has 72 valence electrons. The fraction of sp³-hybridized carbons (Fsp3) is 0. The van der Waals surface area contributed by atoms with Crippen LogP contribution in [0.4, 0.5) is 5.82 Å². The third kappa shape index (κ3) is 1.94. The molecule has 0 radical (unpaired) electrons. The van der Waals surface area contributed by atoms with Crippen molar-refractivity contribution in [1.29, 1.82) is 5.26 Å². The molecule has 0 unspecified atom stereocenters. The smallest absolute Gasteiger partial charge is 0.124 e. The van der Waals surface area contributed by atoms with Gasteiger partial charge >= 0.3 is 0 Å². The second-order valence-corrected chi connectivity index (χ2v) is 3.14. The lowest BCUT2D eigenvalue weighted by atomic mass is 10.1. The minimum absolute atomic E-state index is 0.481. The maximum atomic E-state index is 8.77. The highest BCUT2D eigenvalue weighted by Gasteiger charge is 2.00. The highest BCUT2D eigenvalue weighted by molar-refractivity contribution is 5.62. The first-order valence-electron chi connectivity index (χ1n) is 4.52. The van der Waals surface area contributed by atoms with Crippen molar-refractivity contribution in [3.8, 4) is 17.3 Å². The van der Waals surface area contributed by atoms with Crippen LogP contribution >= 0.6 is 0 Å². The van der Waals surface area contributed by atoms with E-state index < -0.39 is 0 Å². The molecule has 2 rings (SSSR count). The zero-order valence-electron chi connectivity index (χ0n) is 8.01. The zero-order valence-corrected chi connectivity index (χ0v) is 8.01. The molecule has 0 amide bonds. The van der Waals surface area contributed by atoms with Crippen molar-refractivity contribution < 1.29 is 0 Å². The van der Waals surface area contributed by atoms with Crippen LogP contribution in [0.5, 0.6) is 0 Å².